The van der Waals surface area contributed by atoms with Gasteiger partial charge >= 0.3 is 6.09 Å². The quantitative estimate of drug-likeness (QED) is 0.199. The third-order valence-corrected chi connectivity index (χ3v) is 7.57. The van der Waals surface area contributed by atoms with Gasteiger partial charge in [-0.15, -0.1) is 0 Å². The summed E-state index contributed by atoms with van der Waals surface area (Å²) in [6.45, 7) is 5.77. The molecule has 1 atom stereocenters. The number of aromatic nitrogens is 3. The van der Waals surface area contributed by atoms with Gasteiger partial charge in [-0.25, -0.2) is 9.18 Å². The molecule has 2 heterocycles. The molecule has 0 fully saturated rings. The van der Waals surface area contributed by atoms with Gasteiger partial charge in [-0.05, 0) is 69.2 Å². The van der Waals surface area contributed by atoms with Crippen LogP contribution in [0.1, 0.15) is 67.3 Å². The number of alkyl halides is 1. The average molecular weight is 630 g/mol. The van der Waals surface area contributed by atoms with Gasteiger partial charge < -0.3 is 19.5 Å². The lowest BCUT2D eigenvalue weighted by Crippen LogP contribution is -2.33. The number of fused-ring (bicyclic) bond motifs is 1. The van der Waals surface area contributed by atoms with E-state index >= 15 is 4.39 Å². The molecule has 0 saturated carbocycles. The van der Waals surface area contributed by atoms with E-state index in [2.05, 4.69) is 10.1 Å². The lowest BCUT2D eigenvalue weighted by atomic mass is 9.84. The van der Waals surface area contributed by atoms with Crippen molar-refractivity contribution >= 4 is 17.0 Å². The number of carbonyl (C=O) groups excluding carboxylic acids is 1. The van der Waals surface area contributed by atoms with Crippen LogP contribution in [0.25, 0.3) is 22.0 Å². The Labute approximate surface area is 266 Å². The molecule has 1 unspecified atom stereocenters. The molecular weight excluding hydrogens is 585 g/mol. The summed E-state index contributed by atoms with van der Waals surface area (Å²) in [6.07, 6.45) is -0.592. The monoisotopic (exact) mass is 629 g/mol. The number of benzene rings is 2. The minimum absolute atomic E-state index is 0.125. The van der Waals surface area contributed by atoms with E-state index in [9.17, 15) is 18.7 Å². The van der Waals surface area contributed by atoms with Crippen molar-refractivity contribution in [1.82, 2.24) is 19.7 Å². The predicted molar refractivity (Wildman–Crippen MR) is 167 cm³/mol. The van der Waals surface area contributed by atoms with Gasteiger partial charge in [0, 0.05) is 64.9 Å². The van der Waals surface area contributed by atoms with Crippen LogP contribution in [0.2, 0.25) is 0 Å². The maximum atomic E-state index is 15.4. The summed E-state index contributed by atoms with van der Waals surface area (Å²) in [5.41, 5.74) is 1.11. The molecule has 0 radical (unpaired) electrons. The molecule has 4 aromatic rings. The number of amides is 1. The minimum Gasteiger partial charge on any atom is -0.489 e. The fourth-order valence-corrected chi connectivity index (χ4v) is 4.87. The maximum absolute atomic E-state index is 15.4. The van der Waals surface area contributed by atoms with E-state index in [1.807, 2.05) is 0 Å². The van der Waals surface area contributed by atoms with Crippen LogP contribution >= 0.6 is 0 Å². The fourth-order valence-electron chi connectivity index (χ4n) is 4.87. The third-order valence-electron chi connectivity index (χ3n) is 7.57. The Balaban J connectivity index is 1.70. The lowest BCUT2D eigenvalue weighted by Gasteiger charge is -2.26. The van der Waals surface area contributed by atoms with Crippen molar-refractivity contribution in [3.63, 3.8) is 0 Å². The van der Waals surface area contributed by atoms with E-state index < -0.39 is 48.5 Å². The van der Waals surface area contributed by atoms with Gasteiger partial charge in [-0.1, -0.05) is 19.9 Å². The van der Waals surface area contributed by atoms with E-state index in [1.165, 1.54) is 12.3 Å². The Kier molecular flexibility index (Phi) is 8.60. The van der Waals surface area contributed by atoms with Crippen molar-refractivity contribution in [1.29, 1.82) is 0 Å². The number of rotatable bonds is 10. The van der Waals surface area contributed by atoms with Crippen LogP contribution in [0.3, 0.4) is 0 Å². The van der Waals surface area contributed by atoms with E-state index in [-0.39, 0.29) is 36.6 Å². The van der Waals surface area contributed by atoms with Crippen LogP contribution in [0.5, 0.6) is 5.75 Å². The van der Waals surface area contributed by atoms with Crippen LogP contribution in [0.4, 0.5) is 18.0 Å². The molecule has 0 aliphatic rings. The predicted octanol–water partition coefficient (Wildman–Crippen LogP) is 7.24. The van der Waals surface area contributed by atoms with Gasteiger partial charge in [0.1, 0.15) is 11.7 Å². The fraction of sp³-hybridized carbons (Fsp3) is 0.441. The first kappa shape index (κ1) is 29.6. The van der Waals surface area contributed by atoms with Crippen LogP contribution < -0.4 is 4.74 Å². The number of hydrogen-bond acceptors (Lipinski definition) is 6. The Morgan fingerprint density at radius 2 is 1.89 bits per heavy atom. The average Bonchev–Trinajstić information content (AvgIpc) is 3.28. The Morgan fingerprint density at radius 1 is 1.16 bits per heavy atom. The number of halogens is 3. The third kappa shape index (κ3) is 7.41. The van der Waals surface area contributed by atoms with Crippen molar-refractivity contribution < 1.29 is 36.7 Å². The number of hydrogen-bond donors (Lipinski definition) is 1. The zero-order valence-electron chi connectivity index (χ0n) is 29.5. The molecule has 2 aromatic carbocycles. The Bertz CT molecular complexity index is 1810. The lowest BCUT2D eigenvalue weighted by molar-refractivity contribution is 0.0266. The normalized spacial score (nSPS) is 14.1. The molecular formula is C34H41F3N4O4. The largest absolute Gasteiger partial charge is 0.489 e. The molecule has 1 amide bonds. The van der Waals surface area contributed by atoms with E-state index in [0.717, 1.165) is 6.07 Å². The number of aliphatic hydroxyl groups is 1. The van der Waals surface area contributed by atoms with Crippen LogP contribution in [0.15, 0.2) is 42.6 Å². The number of pyridine rings is 1. The molecule has 8 nitrogen and oxygen atoms in total. The van der Waals surface area contributed by atoms with Crippen LogP contribution in [0, 0.1) is 24.0 Å². The Morgan fingerprint density at radius 3 is 2.56 bits per heavy atom. The van der Waals surface area contributed by atoms with Crippen molar-refractivity contribution in [2.75, 3.05) is 20.3 Å². The first-order chi connectivity index (χ1) is 22.2. The highest BCUT2D eigenvalue weighted by Gasteiger charge is 2.34. The second kappa shape index (κ2) is 13.1. The van der Waals surface area contributed by atoms with Gasteiger partial charge in [-0.3, -0.25) is 14.1 Å². The van der Waals surface area contributed by atoms with Crippen molar-refractivity contribution in [2.24, 2.45) is 12.5 Å². The summed E-state index contributed by atoms with van der Waals surface area (Å²) in [7, 11) is 1.69. The summed E-state index contributed by atoms with van der Waals surface area (Å²) < 4.78 is 80.3. The molecule has 242 valence electrons. The molecule has 2 aromatic heterocycles. The van der Waals surface area contributed by atoms with Crippen molar-refractivity contribution in [2.45, 2.75) is 66.2 Å². The van der Waals surface area contributed by atoms with Gasteiger partial charge in [0.15, 0.2) is 11.6 Å². The van der Waals surface area contributed by atoms with Crippen molar-refractivity contribution in [3.8, 4) is 16.9 Å². The standard InChI is InChI=1S/C34H41F3N4O4/c1-20-23(29(39-41(20)8)31(42)34(5,6)19-35)14-16-44-30-24(10-11-26(36)28(30)37)21-9-12-27-25(17-21)22(13-15-38-27)18-40(7)32(43)45-33(2,3)4/h9-13,15,17,31,42H,14,16,18-19H2,1-8H3/i7D3. The highest BCUT2D eigenvalue weighted by molar-refractivity contribution is 5.88. The SMILES string of the molecule is [2H]C([2H])([2H])N(Cc1ccnc2ccc(-c3ccc(F)c(F)c3OCCc3c(C(O)C(C)(C)CF)nn(C)c3C)cc12)C(=O)OC(C)(C)C. The number of ether oxygens (including phenoxy) is 2. The van der Waals surface area contributed by atoms with Crippen molar-refractivity contribution in [3.05, 3.63) is 76.7 Å². The molecule has 0 aliphatic carbocycles. The number of nitrogens with zero attached hydrogens (tertiary/aromatic N) is 4. The van der Waals surface area contributed by atoms with Gasteiger partial charge in [0.25, 0.3) is 0 Å². The van der Waals surface area contributed by atoms with Gasteiger partial charge in [0.05, 0.1) is 24.5 Å². The number of aliphatic hydroxyl groups excluding tert-OH is 1. The summed E-state index contributed by atoms with van der Waals surface area (Å²) >= 11 is 0. The second-order valence-electron chi connectivity index (χ2n) is 12.7. The minimum atomic E-state index is -2.82. The van der Waals surface area contributed by atoms with Crippen LogP contribution in [-0.2, 0) is 24.8 Å². The smallest absolute Gasteiger partial charge is 0.410 e. The number of aryl methyl sites for hydroxylation is 1. The molecule has 0 saturated heterocycles. The first-order valence-corrected chi connectivity index (χ1v) is 14.5. The zero-order valence-corrected chi connectivity index (χ0v) is 26.5. The summed E-state index contributed by atoms with van der Waals surface area (Å²) in [5.74, 6) is -2.69. The number of carbonyl (C=O) groups is 1. The molecule has 4 rings (SSSR count). The summed E-state index contributed by atoms with van der Waals surface area (Å²) in [4.78, 5) is 17.9. The van der Waals surface area contributed by atoms with E-state index in [4.69, 9.17) is 13.6 Å². The maximum Gasteiger partial charge on any atom is 0.410 e. The molecule has 0 aliphatic heterocycles. The summed E-state index contributed by atoms with van der Waals surface area (Å²) in [6, 6.07) is 8.85. The van der Waals surface area contributed by atoms with Gasteiger partial charge in [0.2, 0.25) is 5.82 Å². The highest BCUT2D eigenvalue weighted by atomic mass is 19.2. The highest BCUT2D eigenvalue weighted by Crippen LogP contribution is 2.38. The van der Waals surface area contributed by atoms with E-state index in [0.29, 0.717) is 38.2 Å². The summed E-state index contributed by atoms with van der Waals surface area (Å²) in [5, 5.41) is 15.8. The molecule has 1 N–H and O–H groups in total. The second-order valence-corrected chi connectivity index (χ2v) is 12.7. The van der Waals surface area contributed by atoms with E-state index in [1.54, 1.807) is 77.5 Å². The first-order valence-electron chi connectivity index (χ1n) is 16.0. The molecule has 45 heavy (non-hydrogen) atoms. The molecule has 11 heteroatoms. The molecule has 0 bridgehead atoms. The Hall–Kier alpha value is -4.12. The topological polar surface area (TPSA) is 89.7 Å². The molecule has 0 spiro atoms. The zero-order chi connectivity index (χ0) is 35.8. The van der Waals surface area contributed by atoms with Crippen LogP contribution in [-0.4, -0.2) is 56.7 Å². The van der Waals surface area contributed by atoms with Gasteiger partial charge in [-0.2, -0.15) is 9.49 Å².